The Morgan fingerprint density at radius 1 is 0.814 bits per heavy atom. The van der Waals surface area contributed by atoms with E-state index in [4.69, 9.17) is 23.5 Å². The molecule has 10 nitrogen and oxygen atoms in total. The molecule has 0 spiro atoms. The van der Waals surface area contributed by atoms with E-state index in [1.54, 1.807) is 66.9 Å². The minimum atomic E-state index is -0.919. The third-order valence-corrected chi connectivity index (χ3v) is 5.85. The molecule has 2 heterocycles. The molecule has 0 saturated carbocycles. The van der Waals surface area contributed by atoms with E-state index in [-0.39, 0.29) is 5.82 Å². The van der Waals surface area contributed by atoms with E-state index in [9.17, 15) is 9.59 Å². The summed E-state index contributed by atoms with van der Waals surface area (Å²) in [5.41, 5.74) is 1.36. The Morgan fingerprint density at radius 2 is 1.40 bits per heavy atom. The Bertz CT molecular complexity index is 1500. The molecule has 0 aliphatic carbocycles. The standard InChI is InChI=1S/C33H37N3O7/c1-32(2,3)41-30(37)36(31(38)42-33(4,5)6)29-27(9-8-18-34-29)28-20-24(35-43-28)19-22-10-12-23(13-11-22)21-40-26-16-14-25(39-7)15-17-26/h8-18,20H,19,21H2,1-7H3. The van der Waals surface area contributed by atoms with Crippen molar-refractivity contribution in [3.8, 4) is 22.8 Å². The maximum Gasteiger partial charge on any atom is 0.425 e. The van der Waals surface area contributed by atoms with Gasteiger partial charge in [-0.15, -0.1) is 0 Å². The number of rotatable bonds is 8. The van der Waals surface area contributed by atoms with Gasteiger partial charge < -0.3 is 23.5 Å². The van der Waals surface area contributed by atoms with Gasteiger partial charge in [0.1, 0.15) is 29.3 Å². The second kappa shape index (κ2) is 13.0. The van der Waals surface area contributed by atoms with E-state index in [1.165, 1.54) is 6.20 Å². The van der Waals surface area contributed by atoms with Crippen molar-refractivity contribution < 1.29 is 33.1 Å². The molecule has 2 aromatic heterocycles. The quantitative estimate of drug-likeness (QED) is 0.206. The average Bonchev–Trinajstić information content (AvgIpc) is 3.39. The van der Waals surface area contributed by atoms with Crippen molar-refractivity contribution in [2.75, 3.05) is 12.0 Å². The molecule has 0 aliphatic rings. The van der Waals surface area contributed by atoms with Crippen molar-refractivity contribution in [3.05, 3.63) is 89.7 Å². The molecule has 2 aromatic carbocycles. The average molecular weight is 588 g/mol. The molecule has 0 radical (unpaired) electrons. The lowest BCUT2D eigenvalue weighted by Crippen LogP contribution is -2.44. The van der Waals surface area contributed by atoms with Crippen LogP contribution in [-0.2, 0) is 22.5 Å². The largest absolute Gasteiger partial charge is 0.497 e. The van der Waals surface area contributed by atoms with Crippen LogP contribution in [0.25, 0.3) is 11.3 Å². The topological polar surface area (TPSA) is 113 Å². The van der Waals surface area contributed by atoms with E-state index in [0.717, 1.165) is 27.5 Å². The summed E-state index contributed by atoms with van der Waals surface area (Å²) in [6.07, 6.45) is 0.133. The zero-order valence-corrected chi connectivity index (χ0v) is 25.5. The third-order valence-electron chi connectivity index (χ3n) is 5.85. The second-order valence-electron chi connectivity index (χ2n) is 11.8. The number of hydrogen-bond donors (Lipinski definition) is 0. The fourth-order valence-electron chi connectivity index (χ4n) is 3.95. The Balaban J connectivity index is 1.50. The predicted molar refractivity (Wildman–Crippen MR) is 161 cm³/mol. The van der Waals surface area contributed by atoms with Crippen LogP contribution in [0.3, 0.4) is 0 Å². The summed E-state index contributed by atoms with van der Waals surface area (Å²) in [6, 6.07) is 20.6. The van der Waals surface area contributed by atoms with Crippen LogP contribution in [0.2, 0.25) is 0 Å². The van der Waals surface area contributed by atoms with Crippen molar-refractivity contribution in [2.24, 2.45) is 0 Å². The van der Waals surface area contributed by atoms with Crippen LogP contribution in [0.15, 0.2) is 77.4 Å². The number of methoxy groups -OCH3 is 1. The Hall–Kier alpha value is -4.86. The van der Waals surface area contributed by atoms with E-state index in [1.807, 2.05) is 48.5 Å². The van der Waals surface area contributed by atoms with E-state index >= 15 is 0 Å². The number of hydrogen-bond acceptors (Lipinski definition) is 9. The first-order chi connectivity index (χ1) is 20.3. The monoisotopic (exact) mass is 587 g/mol. The number of pyridine rings is 1. The van der Waals surface area contributed by atoms with Gasteiger partial charge >= 0.3 is 12.2 Å². The summed E-state index contributed by atoms with van der Waals surface area (Å²) in [5.74, 6) is 1.87. The maximum absolute atomic E-state index is 13.2. The van der Waals surface area contributed by atoms with Gasteiger partial charge in [-0.1, -0.05) is 29.4 Å². The molecule has 2 amide bonds. The number of imide groups is 1. The van der Waals surface area contributed by atoms with E-state index in [0.29, 0.717) is 30.0 Å². The lowest BCUT2D eigenvalue weighted by atomic mass is 10.1. The van der Waals surface area contributed by atoms with Crippen molar-refractivity contribution in [2.45, 2.75) is 65.8 Å². The van der Waals surface area contributed by atoms with Gasteiger partial charge in [-0.05, 0) is 89.1 Å². The number of amides is 2. The minimum Gasteiger partial charge on any atom is -0.497 e. The van der Waals surface area contributed by atoms with Crippen LogP contribution in [0, 0.1) is 0 Å². The fraction of sp³-hybridized carbons (Fsp3) is 0.333. The van der Waals surface area contributed by atoms with Crippen molar-refractivity contribution in [1.29, 1.82) is 0 Å². The molecule has 43 heavy (non-hydrogen) atoms. The molecular formula is C33H37N3O7. The molecule has 4 rings (SSSR count). The summed E-state index contributed by atoms with van der Waals surface area (Å²) in [7, 11) is 1.63. The molecule has 0 fully saturated rings. The number of benzene rings is 2. The Kier molecular flexibility index (Phi) is 9.38. The van der Waals surface area contributed by atoms with Crippen LogP contribution in [0.5, 0.6) is 11.5 Å². The van der Waals surface area contributed by atoms with Crippen LogP contribution in [0.1, 0.15) is 58.4 Å². The van der Waals surface area contributed by atoms with E-state index < -0.39 is 23.4 Å². The molecule has 0 unspecified atom stereocenters. The van der Waals surface area contributed by atoms with Crippen LogP contribution < -0.4 is 14.4 Å². The molecular weight excluding hydrogens is 550 g/mol. The number of nitrogens with zero attached hydrogens (tertiary/aromatic N) is 3. The molecule has 0 saturated heterocycles. The van der Waals surface area contributed by atoms with Gasteiger partial charge in [-0.25, -0.2) is 14.6 Å². The van der Waals surface area contributed by atoms with Gasteiger partial charge in [0, 0.05) is 18.7 Å². The Morgan fingerprint density at radius 3 is 1.98 bits per heavy atom. The minimum absolute atomic E-state index is 0.00918. The lowest BCUT2D eigenvalue weighted by Gasteiger charge is -2.28. The number of aromatic nitrogens is 2. The fourth-order valence-corrected chi connectivity index (χ4v) is 3.95. The van der Waals surface area contributed by atoms with Crippen molar-refractivity contribution in [3.63, 3.8) is 0 Å². The SMILES string of the molecule is COc1ccc(OCc2ccc(Cc3cc(-c4cccnc4N(C(=O)OC(C)(C)C)C(=O)OC(C)(C)C)on3)cc2)cc1. The number of anilines is 1. The summed E-state index contributed by atoms with van der Waals surface area (Å²) < 4.78 is 27.7. The van der Waals surface area contributed by atoms with Gasteiger partial charge in [0.15, 0.2) is 11.6 Å². The first kappa shape index (κ1) is 31.1. The zero-order valence-electron chi connectivity index (χ0n) is 25.5. The second-order valence-corrected chi connectivity index (χ2v) is 11.8. The van der Waals surface area contributed by atoms with Gasteiger partial charge in [-0.3, -0.25) is 0 Å². The Labute approximate surface area is 251 Å². The molecule has 0 atom stereocenters. The van der Waals surface area contributed by atoms with Gasteiger partial charge in [0.25, 0.3) is 0 Å². The summed E-state index contributed by atoms with van der Waals surface area (Å²) in [5, 5.41) is 4.22. The normalized spacial score (nSPS) is 11.5. The molecule has 10 heteroatoms. The van der Waals surface area contributed by atoms with Crippen LogP contribution in [0.4, 0.5) is 15.4 Å². The zero-order chi connectivity index (χ0) is 31.2. The number of ether oxygens (including phenoxy) is 4. The first-order valence-corrected chi connectivity index (χ1v) is 13.8. The summed E-state index contributed by atoms with van der Waals surface area (Å²) in [4.78, 5) is 31.5. The van der Waals surface area contributed by atoms with Gasteiger partial charge in [0.2, 0.25) is 0 Å². The highest BCUT2D eigenvalue weighted by atomic mass is 16.6. The molecule has 226 valence electrons. The molecule has 0 N–H and O–H groups in total. The van der Waals surface area contributed by atoms with Crippen LogP contribution in [-0.4, -0.2) is 40.6 Å². The molecule has 0 aliphatic heterocycles. The number of carbonyl (C=O) groups is 2. The molecule has 4 aromatic rings. The highest BCUT2D eigenvalue weighted by Gasteiger charge is 2.35. The summed E-state index contributed by atoms with van der Waals surface area (Å²) in [6.45, 7) is 10.7. The maximum atomic E-state index is 13.2. The van der Waals surface area contributed by atoms with Crippen molar-refractivity contribution >= 4 is 18.0 Å². The van der Waals surface area contributed by atoms with E-state index in [2.05, 4.69) is 10.1 Å². The predicted octanol–water partition coefficient (Wildman–Crippen LogP) is 7.59. The van der Waals surface area contributed by atoms with Gasteiger partial charge in [0.05, 0.1) is 18.4 Å². The third kappa shape index (κ3) is 8.81. The van der Waals surface area contributed by atoms with Crippen molar-refractivity contribution in [1.82, 2.24) is 10.1 Å². The smallest absolute Gasteiger partial charge is 0.425 e. The summed E-state index contributed by atoms with van der Waals surface area (Å²) >= 11 is 0. The van der Waals surface area contributed by atoms with Gasteiger partial charge in [-0.2, -0.15) is 4.90 Å². The van der Waals surface area contributed by atoms with Crippen LogP contribution >= 0.6 is 0 Å². The highest BCUT2D eigenvalue weighted by molar-refractivity contribution is 6.10. The number of carbonyl (C=O) groups excluding carboxylic acids is 2. The lowest BCUT2D eigenvalue weighted by molar-refractivity contribution is 0.0429. The molecule has 0 bridgehead atoms. The first-order valence-electron chi connectivity index (χ1n) is 13.8. The highest BCUT2D eigenvalue weighted by Crippen LogP contribution is 2.32.